The van der Waals surface area contributed by atoms with Crippen molar-refractivity contribution in [2.45, 2.75) is 12.3 Å². The molecule has 0 bridgehead atoms. The molecule has 1 aliphatic rings. The molecule has 2 N–H and O–H groups in total. The van der Waals surface area contributed by atoms with Crippen molar-refractivity contribution in [1.82, 2.24) is 4.98 Å². The molecule has 0 radical (unpaired) electrons. The minimum absolute atomic E-state index is 0.151. The summed E-state index contributed by atoms with van der Waals surface area (Å²) >= 11 is 0. The lowest BCUT2D eigenvalue weighted by atomic mass is 9.97. The number of hydrogen-bond acceptors (Lipinski definition) is 4. The second-order valence-corrected chi connectivity index (χ2v) is 5.10. The first-order valence-electron chi connectivity index (χ1n) is 6.66. The van der Waals surface area contributed by atoms with Gasteiger partial charge >= 0.3 is 0 Å². The van der Waals surface area contributed by atoms with E-state index in [1.165, 1.54) is 5.56 Å². The van der Waals surface area contributed by atoms with Gasteiger partial charge in [0.2, 0.25) is 5.89 Å². The van der Waals surface area contributed by atoms with Gasteiger partial charge in [-0.2, -0.15) is 0 Å². The summed E-state index contributed by atoms with van der Waals surface area (Å²) in [6, 6.07) is 13.6. The zero-order chi connectivity index (χ0) is 13.5. The Kier molecular flexibility index (Phi) is 2.42. The van der Waals surface area contributed by atoms with Crippen molar-refractivity contribution in [1.29, 1.82) is 0 Å². The quantitative estimate of drug-likeness (QED) is 0.687. The Hall–Kier alpha value is -2.49. The number of oxazole rings is 1. The van der Waals surface area contributed by atoms with Crippen LogP contribution in [-0.4, -0.2) is 11.6 Å². The smallest absolute Gasteiger partial charge is 0.202 e. The first kappa shape index (κ1) is 11.3. The zero-order valence-electron chi connectivity index (χ0n) is 10.9. The number of aromatic nitrogens is 1. The molecule has 0 saturated heterocycles. The first-order valence-corrected chi connectivity index (χ1v) is 6.66. The largest absolute Gasteiger partial charge is 0.492 e. The van der Waals surface area contributed by atoms with E-state index in [1.807, 2.05) is 36.4 Å². The van der Waals surface area contributed by atoms with Gasteiger partial charge in [-0.3, -0.25) is 0 Å². The number of nitrogens with zero attached hydrogens (tertiary/aromatic N) is 1. The summed E-state index contributed by atoms with van der Waals surface area (Å²) in [5.41, 5.74) is 9.24. The van der Waals surface area contributed by atoms with Gasteiger partial charge in [-0.05, 0) is 36.2 Å². The molecule has 2 aromatic carbocycles. The topological polar surface area (TPSA) is 61.3 Å². The summed E-state index contributed by atoms with van der Waals surface area (Å²) in [4.78, 5) is 4.54. The van der Waals surface area contributed by atoms with Crippen LogP contribution in [-0.2, 0) is 6.42 Å². The summed E-state index contributed by atoms with van der Waals surface area (Å²) in [7, 11) is 0. The van der Waals surface area contributed by atoms with Crippen LogP contribution in [0.4, 0.5) is 5.69 Å². The van der Waals surface area contributed by atoms with E-state index in [2.05, 4.69) is 11.1 Å². The van der Waals surface area contributed by atoms with E-state index >= 15 is 0 Å². The van der Waals surface area contributed by atoms with Crippen LogP contribution in [0.25, 0.3) is 11.1 Å². The second kappa shape index (κ2) is 4.27. The molecule has 0 spiro atoms. The van der Waals surface area contributed by atoms with Crippen LogP contribution in [0.1, 0.15) is 17.4 Å². The third kappa shape index (κ3) is 1.81. The van der Waals surface area contributed by atoms with Crippen molar-refractivity contribution in [3.05, 3.63) is 53.9 Å². The molecule has 1 aromatic heterocycles. The number of hydrogen-bond donors (Lipinski definition) is 1. The number of nitrogen functional groups attached to an aromatic ring is 1. The van der Waals surface area contributed by atoms with Gasteiger partial charge in [0.25, 0.3) is 0 Å². The maximum atomic E-state index is 5.83. The maximum Gasteiger partial charge on any atom is 0.202 e. The van der Waals surface area contributed by atoms with E-state index in [1.54, 1.807) is 0 Å². The molecule has 4 rings (SSSR count). The van der Waals surface area contributed by atoms with E-state index < -0.39 is 0 Å². The summed E-state index contributed by atoms with van der Waals surface area (Å²) in [6.07, 6.45) is 0.887. The highest BCUT2D eigenvalue weighted by Crippen LogP contribution is 2.33. The Labute approximate surface area is 116 Å². The molecular formula is C16H14N2O2. The first-order chi connectivity index (χ1) is 9.79. The molecule has 4 heteroatoms. The average molecular weight is 266 g/mol. The highest BCUT2D eigenvalue weighted by Gasteiger charge is 2.25. The summed E-state index contributed by atoms with van der Waals surface area (Å²) in [6.45, 7) is 0.597. The van der Waals surface area contributed by atoms with Crippen LogP contribution in [0.3, 0.4) is 0 Å². The molecular weight excluding hydrogens is 252 g/mol. The van der Waals surface area contributed by atoms with Crippen LogP contribution >= 0.6 is 0 Å². The number of rotatable bonds is 1. The molecule has 100 valence electrons. The van der Waals surface area contributed by atoms with Crippen molar-refractivity contribution < 1.29 is 9.15 Å². The predicted molar refractivity (Wildman–Crippen MR) is 76.8 cm³/mol. The molecule has 2 heterocycles. The summed E-state index contributed by atoms with van der Waals surface area (Å²) in [5.74, 6) is 1.84. The van der Waals surface area contributed by atoms with Gasteiger partial charge in [-0.1, -0.05) is 18.2 Å². The van der Waals surface area contributed by atoms with E-state index in [4.69, 9.17) is 14.9 Å². The van der Waals surface area contributed by atoms with Gasteiger partial charge in [0.1, 0.15) is 17.9 Å². The summed E-state index contributed by atoms with van der Waals surface area (Å²) in [5, 5.41) is 0. The lowest BCUT2D eigenvalue weighted by molar-refractivity contribution is 0.243. The van der Waals surface area contributed by atoms with Crippen molar-refractivity contribution in [2.24, 2.45) is 0 Å². The van der Waals surface area contributed by atoms with Crippen molar-refractivity contribution in [3.63, 3.8) is 0 Å². The molecule has 0 fully saturated rings. The Morgan fingerprint density at radius 2 is 2.05 bits per heavy atom. The molecule has 3 aromatic rings. The van der Waals surface area contributed by atoms with E-state index in [-0.39, 0.29) is 5.92 Å². The van der Waals surface area contributed by atoms with Crippen molar-refractivity contribution >= 4 is 16.8 Å². The molecule has 20 heavy (non-hydrogen) atoms. The predicted octanol–water partition coefficient (Wildman–Crippen LogP) is 3.13. The highest BCUT2D eigenvalue weighted by atomic mass is 16.5. The fourth-order valence-electron chi connectivity index (χ4n) is 2.62. The molecule has 0 aliphatic carbocycles. The normalized spacial score (nSPS) is 17.7. The zero-order valence-corrected chi connectivity index (χ0v) is 10.9. The molecule has 0 amide bonds. The Balaban J connectivity index is 1.70. The minimum Gasteiger partial charge on any atom is -0.492 e. The SMILES string of the molecule is Nc1ccc2oc(C3COc4ccccc4C3)nc2c1. The van der Waals surface area contributed by atoms with Crippen LogP contribution in [0.15, 0.2) is 46.9 Å². The molecule has 4 nitrogen and oxygen atoms in total. The number of ether oxygens (including phenoxy) is 1. The van der Waals surface area contributed by atoms with Gasteiger partial charge in [-0.25, -0.2) is 4.98 Å². The maximum absolute atomic E-state index is 5.83. The molecule has 1 atom stereocenters. The number of para-hydroxylation sites is 1. The highest BCUT2D eigenvalue weighted by molar-refractivity contribution is 5.76. The average Bonchev–Trinajstić information content (AvgIpc) is 2.89. The van der Waals surface area contributed by atoms with Gasteiger partial charge in [0.05, 0.1) is 5.92 Å². The number of benzene rings is 2. The van der Waals surface area contributed by atoms with Crippen LogP contribution in [0.5, 0.6) is 5.75 Å². The van der Waals surface area contributed by atoms with Gasteiger partial charge in [0, 0.05) is 5.69 Å². The van der Waals surface area contributed by atoms with Gasteiger partial charge in [0.15, 0.2) is 5.58 Å². The number of nitrogens with two attached hydrogens (primary N) is 1. The summed E-state index contributed by atoms with van der Waals surface area (Å²) < 4.78 is 11.6. The lowest BCUT2D eigenvalue weighted by Gasteiger charge is -2.22. The van der Waals surface area contributed by atoms with E-state index in [0.29, 0.717) is 12.3 Å². The monoisotopic (exact) mass is 266 g/mol. The van der Waals surface area contributed by atoms with E-state index in [0.717, 1.165) is 29.2 Å². The van der Waals surface area contributed by atoms with Gasteiger partial charge in [-0.15, -0.1) is 0 Å². The fraction of sp³-hybridized carbons (Fsp3) is 0.188. The van der Waals surface area contributed by atoms with Gasteiger partial charge < -0.3 is 14.9 Å². The Bertz CT molecular complexity index is 779. The van der Waals surface area contributed by atoms with Crippen LogP contribution in [0.2, 0.25) is 0 Å². The molecule has 1 aliphatic heterocycles. The lowest BCUT2D eigenvalue weighted by Crippen LogP contribution is -2.19. The van der Waals surface area contributed by atoms with Crippen molar-refractivity contribution in [2.75, 3.05) is 12.3 Å². The third-order valence-corrected chi connectivity index (χ3v) is 3.66. The Morgan fingerprint density at radius 1 is 1.15 bits per heavy atom. The number of fused-ring (bicyclic) bond motifs is 2. The van der Waals surface area contributed by atoms with E-state index in [9.17, 15) is 0 Å². The standard InChI is InChI=1S/C16H14N2O2/c17-12-5-6-15-13(8-12)18-16(20-15)11-7-10-3-1-2-4-14(10)19-9-11/h1-6,8,11H,7,9,17H2. The third-order valence-electron chi connectivity index (χ3n) is 3.66. The van der Waals surface area contributed by atoms with Crippen molar-refractivity contribution in [3.8, 4) is 5.75 Å². The second-order valence-electron chi connectivity index (χ2n) is 5.10. The van der Waals surface area contributed by atoms with Crippen LogP contribution < -0.4 is 10.5 Å². The minimum atomic E-state index is 0.151. The molecule has 0 saturated carbocycles. The number of anilines is 1. The van der Waals surface area contributed by atoms with Crippen LogP contribution in [0, 0.1) is 0 Å². The Morgan fingerprint density at radius 3 is 3.00 bits per heavy atom. The fourth-order valence-corrected chi connectivity index (χ4v) is 2.62. The molecule has 1 unspecified atom stereocenters.